The van der Waals surface area contributed by atoms with Gasteiger partial charge in [-0.2, -0.15) is 0 Å². The molecule has 148 valence electrons. The Kier molecular flexibility index (Phi) is 5.65. The minimum Gasteiger partial charge on any atom is -0.450 e. The van der Waals surface area contributed by atoms with Crippen LogP contribution in [0.4, 0.5) is 0 Å². The monoisotopic (exact) mass is 390 g/mol. The highest BCUT2D eigenvalue weighted by Crippen LogP contribution is 2.21. The average molecular weight is 390 g/mol. The van der Waals surface area contributed by atoms with Gasteiger partial charge in [-0.05, 0) is 31.4 Å². The first-order valence-electron chi connectivity index (χ1n) is 9.75. The third kappa shape index (κ3) is 4.34. The maximum Gasteiger partial charge on any atom is 0.378 e. The number of benzene rings is 2. The zero-order valence-corrected chi connectivity index (χ0v) is 16.0. The molecule has 0 spiro atoms. The summed E-state index contributed by atoms with van der Waals surface area (Å²) in [4.78, 5) is 30.9. The molecule has 0 aliphatic carbocycles. The maximum absolute atomic E-state index is 12.5. The van der Waals surface area contributed by atoms with E-state index in [1.54, 1.807) is 9.58 Å². The largest absolute Gasteiger partial charge is 0.450 e. The number of hydrogen-bond donors (Lipinski definition) is 0. The molecule has 0 N–H and O–H groups in total. The molecule has 1 aliphatic heterocycles. The van der Waals surface area contributed by atoms with Gasteiger partial charge in [0.1, 0.15) is 0 Å². The Labute approximate surface area is 168 Å². The number of hydrogen-bond acceptors (Lipinski definition) is 5. The van der Waals surface area contributed by atoms with Crippen LogP contribution in [-0.2, 0) is 9.53 Å². The average Bonchev–Trinajstić information content (AvgIpc) is 3.25. The highest BCUT2D eigenvalue weighted by Gasteiger charge is 2.22. The molecule has 1 fully saturated rings. The highest BCUT2D eigenvalue weighted by molar-refractivity contribution is 5.88. The molecular weight excluding hydrogens is 368 g/mol. The van der Waals surface area contributed by atoms with Crippen molar-refractivity contribution in [2.24, 2.45) is 0 Å². The zero-order chi connectivity index (χ0) is 20.1. The van der Waals surface area contributed by atoms with Crippen molar-refractivity contribution in [1.29, 1.82) is 0 Å². The minimum absolute atomic E-state index is 0.0702. The normalized spacial score (nSPS) is 13.9. The molecule has 1 saturated heterocycles. The van der Waals surface area contributed by atoms with Gasteiger partial charge in [0.05, 0.1) is 5.69 Å². The molecule has 0 unspecified atom stereocenters. The molecule has 0 radical (unpaired) electrons. The summed E-state index contributed by atoms with van der Waals surface area (Å²) in [5, 5.41) is 4.35. The summed E-state index contributed by atoms with van der Waals surface area (Å²) in [6, 6.07) is 19.0. The summed E-state index contributed by atoms with van der Waals surface area (Å²) in [6.45, 7) is 1.14. The Morgan fingerprint density at radius 1 is 0.897 bits per heavy atom. The second kappa shape index (κ2) is 8.68. The van der Waals surface area contributed by atoms with Crippen LogP contribution >= 0.6 is 0 Å². The van der Waals surface area contributed by atoms with Crippen molar-refractivity contribution in [3.05, 3.63) is 66.5 Å². The van der Waals surface area contributed by atoms with Crippen molar-refractivity contribution in [3.8, 4) is 17.1 Å². The van der Waals surface area contributed by atoms with Gasteiger partial charge in [-0.25, -0.2) is 14.5 Å². The first-order chi connectivity index (χ1) is 14.2. The van der Waals surface area contributed by atoms with Crippen LogP contribution in [0, 0.1) is 0 Å². The Morgan fingerprint density at radius 2 is 1.55 bits per heavy atom. The molecule has 0 atom stereocenters. The second-order valence-electron chi connectivity index (χ2n) is 6.89. The number of ether oxygens (including phenoxy) is 1. The van der Waals surface area contributed by atoms with Gasteiger partial charge in [0.25, 0.3) is 11.7 Å². The van der Waals surface area contributed by atoms with Crippen LogP contribution in [0.5, 0.6) is 0 Å². The van der Waals surface area contributed by atoms with Crippen molar-refractivity contribution in [2.75, 3.05) is 19.7 Å². The smallest absolute Gasteiger partial charge is 0.378 e. The topological polar surface area (TPSA) is 77.3 Å². The van der Waals surface area contributed by atoms with E-state index < -0.39 is 5.97 Å². The molecule has 2 aromatic carbocycles. The SMILES string of the molecule is O=C(OCC(=O)N1CCCCC1)c1nc(-c2ccccc2)n(-c2ccccc2)n1. The number of aromatic nitrogens is 3. The number of esters is 1. The summed E-state index contributed by atoms with van der Waals surface area (Å²) in [5.41, 5.74) is 1.61. The molecule has 2 heterocycles. The zero-order valence-electron chi connectivity index (χ0n) is 16.0. The molecule has 1 aromatic heterocycles. The van der Waals surface area contributed by atoms with E-state index in [0.29, 0.717) is 5.82 Å². The Morgan fingerprint density at radius 3 is 2.24 bits per heavy atom. The Balaban J connectivity index is 1.55. The Hall–Kier alpha value is -3.48. The number of nitrogens with zero attached hydrogens (tertiary/aromatic N) is 4. The van der Waals surface area contributed by atoms with Gasteiger partial charge in [-0.15, -0.1) is 5.10 Å². The van der Waals surface area contributed by atoms with Gasteiger partial charge < -0.3 is 9.64 Å². The number of rotatable bonds is 5. The third-order valence-corrected chi connectivity index (χ3v) is 4.86. The number of piperidine rings is 1. The van der Waals surface area contributed by atoms with E-state index in [-0.39, 0.29) is 18.3 Å². The van der Waals surface area contributed by atoms with E-state index in [2.05, 4.69) is 10.1 Å². The molecule has 7 heteroatoms. The van der Waals surface area contributed by atoms with Gasteiger partial charge >= 0.3 is 5.97 Å². The first kappa shape index (κ1) is 18.9. The van der Waals surface area contributed by atoms with E-state index in [0.717, 1.165) is 43.6 Å². The lowest BCUT2D eigenvalue weighted by molar-refractivity contribution is -0.135. The van der Waals surface area contributed by atoms with Crippen LogP contribution in [0.2, 0.25) is 0 Å². The Bertz CT molecular complexity index is 923. The number of amides is 1. The van der Waals surface area contributed by atoms with Crippen LogP contribution in [0.3, 0.4) is 0 Å². The lowest BCUT2D eigenvalue weighted by atomic mass is 10.1. The molecule has 3 aromatic rings. The van der Waals surface area contributed by atoms with Gasteiger partial charge in [0.2, 0.25) is 0 Å². The second-order valence-corrected chi connectivity index (χ2v) is 6.89. The van der Waals surface area contributed by atoms with Crippen LogP contribution < -0.4 is 0 Å². The van der Waals surface area contributed by atoms with E-state index in [4.69, 9.17) is 4.74 Å². The van der Waals surface area contributed by atoms with Crippen molar-refractivity contribution in [2.45, 2.75) is 19.3 Å². The quantitative estimate of drug-likeness (QED) is 0.626. The summed E-state index contributed by atoms with van der Waals surface area (Å²) in [5.74, 6) is -0.420. The van der Waals surface area contributed by atoms with Gasteiger partial charge in [-0.3, -0.25) is 4.79 Å². The molecule has 1 amide bonds. The van der Waals surface area contributed by atoms with Crippen LogP contribution in [0.15, 0.2) is 60.7 Å². The van der Waals surface area contributed by atoms with Crippen LogP contribution in [-0.4, -0.2) is 51.2 Å². The van der Waals surface area contributed by atoms with Gasteiger partial charge in [-0.1, -0.05) is 48.5 Å². The van der Waals surface area contributed by atoms with Crippen LogP contribution in [0.25, 0.3) is 17.1 Å². The summed E-state index contributed by atoms with van der Waals surface area (Å²) >= 11 is 0. The standard InChI is InChI=1S/C22H22N4O3/c27-19(25-14-8-3-9-15-25)16-29-22(28)20-23-21(17-10-4-1-5-11-17)26(24-20)18-12-6-2-7-13-18/h1-2,4-7,10-13H,3,8-9,14-16H2. The fourth-order valence-electron chi connectivity index (χ4n) is 3.35. The molecule has 29 heavy (non-hydrogen) atoms. The molecule has 0 bridgehead atoms. The van der Waals surface area contributed by atoms with E-state index >= 15 is 0 Å². The molecule has 4 rings (SSSR count). The van der Waals surface area contributed by atoms with Gasteiger partial charge in [0.15, 0.2) is 12.4 Å². The number of carbonyl (C=O) groups is 2. The summed E-state index contributed by atoms with van der Waals surface area (Å²) < 4.78 is 6.82. The van der Waals surface area contributed by atoms with Gasteiger partial charge in [0, 0.05) is 18.7 Å². The van der Waals surface area contributed by atoms with Crippen molar-refractivity contribution >= 4 is 11.9 Å². The van der Waals surface area contributed by atoms with Crippen molar-refractivity contribution in [1.82, 2.24) is 19.7 Å². The third-order valence-electron chi connectivity index (χ3n) is 4.86. The predicted molar refractivity (Wildman–Crippen MR) is 108 cm³/mol. The van der Waals surface area contributed by atoms with Crippen molar-refractivity contribution < 1.29 is 14.3 Å². The molecule has 7 nitrogen and oxygen atoms in total. The van der Waals surface area contributed by atoms with E-state index in [1.807, 2.05) is 60.7 Å². The van der Waals surface area contributed by atoms with E-state index in [1.165, 1.54) is 0 Å². The van der Waals surface area contributed by atoms with E-state index in [9.17, 15) is 9.59 Å². The molecule has 1 aliphatic rings. The first-order valence-corrected chi connectivity index (χ1v) is 9.75. The summed E-state index contributed by atoms with van der Waals surface area (Å²) in [6.07, 6.45) is 3.11. The summed E-state index contributed by atoms with van der Waals surface area (Å²) in [7, 11) is 0. The number of para-hydroxylation sites is 1. The molecule has 0 saturated carbocycles. The number of likely N-dealkylation sites (tertiary alicyclic amines) is 1. The fraction of sp³-hybridized carbons (Fsp3) is 0.273. The fourth-order valence-corrected chi connectivity index (χ4v) is 3.35. The lowest BCUT2D eigenvalue weighted by Crippen LogP contribution is -2.38. The molecular formula is C22H22N4O3. The minimum atomic E-state index is -0.706. The van der Waals surface area contributed by atoms with Crippen LogP contribution in [0.1, 0.15) is 29.9 Å². The van der Waals surface area contributed by atoms with Crippen molar-refractivity contribution in [3.63, 3.8) is 0 Å². The lowest BCUT2D eigenvalue weighted by Gasteiger charge is -2.26. The highest BCUT2D eigenvalue weighted by atomic mass is 16.5. The number of carbonyl (C=O) groups excluding carboxylic acids is 2. The maximum atomic E-state index is 12.5. The predicted octanol–water partition coefficient (Wildman–Crippen LogP) is 3.10.